The van der Waals surface area contributed by atoms with Crippen LogP contribution in [0.3, 0.4) is 0 Å². The standard InChI is InChI=1S/C15H20N4O2/c1-11-12(9-18(2)17-11)16-15(20)10-19-7-3-5-13(19)14-6-4-8-21-14/h4,6,8-9,13H,3,5,7,10H2,1-2H3,(H,16,20). The number of anilines is 1. The van der Waals surface area contributed by atoms with Crippen molar-refractivity contribution in [2.45, 2.75) is 25.8 Å². The number of aromatic nitrogens is 2. The van der Waals surface area contributed by atoms with Crippen LogP contribution >= 0.6 is 0 Å². The topological polar surface area (TPSA) is 63.3 Å². The smallest absolute Gasteiger partial charge is 0.238 e. The van der Waals surface area contributed by atoms with Crippen molar-refractivity contribution in [2.75, 3.05) is 18.4 Å². The molecule has 1 fully saturated rings. The number of carbonyl (C=O) groups excluding carboxylic acids is 1. The summed E-state index contributed by atoms with van der Waals surface area (Å²) < 4.78 is 7.18. The zero-order chi connectivity index (χ0) is 14.8. The van der Waals surface area contributed by atoms with E-state index in [2.05, 4.69) is 15.3 Å². The lowest BCUT2D eigenvalue weighted by molar-refractivity contribution is -0.117. The number of hydrogen-bond acceptors (Lipinski definition) is 4. The number of aryl methyl sites for hydroxylation is 2. The highest BCUT2D eigenvalue weighted by Crippen LogP contribution is 2.31. The molecule has 112 valence electrons. The van der Waals surface area contributed by atoms with Crippen LogP contribution in [0.2, 0.25) is 0 Å². The number of hydrogen-bond donors (Lipinski definition) is 1. The highest BCUT2D eigenvalue weighted by molar-refractivity contribution is 5.92. The van der Waals surface area contributed by atoms with E-state index in [-0.39, 0.29) is 11.9 Å². The summed E-state index contributed by atoms with van der Waals surface area (Å²) in [5, 5.41) is 7.15. The molecule has 0 saturated carbocycles. The fourth-order valence-corrected chi connectivity index (χ4v) is 2.91. The van der Waals surface area contributed by atoms with Gasteiger partial charge in [-0.3, -0.25) is 14.4 Å². The third kappa shape index (κ3) is 3.00. The maximum atomic E-state index is 12.2. The van der Waals surface area contributed by atoms with Gasteiger partial charge in [0.05, 0.1) is 30.2 Å². The molecule has 3 rings (SSSR count). The van der Waals surface area contributed by atoms with Gasteiger partial charge in [0.2, 0.25) is 5.91 Å². The minimum Gasteiger partial charge on any atom is -0.468 e. The molecular weight excluding hydrogens is 268 g/mol. The quantitative estimate of drug-likeness (QED) is 0.935. The number of carbonyl (C=O) groups is 1. The Morgan fingerprint density at radius 2 is 2.43 bits per heavy atom. The van der Waals surface area contributed by atoms with Gasteiger partial charge < -0.3 is 9.73 Å². The molecule has 0 bridgehead atoms. The molecule has 21 heavy (non-hydrogen) atoms. The Morgan fingerprint density at radius 3 is 3.10 bits per heavy atom. The summed E-state index contributed by atoms with van der Waals surface area (Å²) in [6, 6.07) is 4.08. The van der Waals surface area contributed by atoms with E-state index in [4.69, 9.17) is 4.42 Å². The van der Waals surface area contributed by atoms with E-state index < -0.39 is 0 Å². The van der Waals surface area contributed by atoms with Gasteiger partial charge in [-0.15, -0.1) is 0 Å². The summed E-state index contributed by atoms with van der Waals surface area (Å²) in [7, 11) is 1.84. The van der Waals surface area contributed by atoms with Crippen molar-refractivity contribution in [3.05, 3.63) is 36.0 Å². The van der Waals surface area contributed by atoms with E-state index >= 15 is 0 Å². The average Bonchev–Trinajstić information content (AvgIpc) is 3.11. The van der Waals surface area contributed by atoms with Gasteiger partial charge in [0.1, 0.15) is 5.76 Å². The average molecular weight is 288 g/mol. The number of amides is 1. The van der Waals surface area contributed by atoms with Crippen molar-refractivity contribution in [1.29, 1.82) is 0 Å². The minimum atomic E-state index is -0.00967. The third-order valence-corrected chi connectivity index (χ3v) is 3.87. The minimum absolute atomic E-state index is 0.00967. The van der Waals surface area contributed by atoms with Crippen LogP contribution in [0.15, 0.2) is 29.0 Å². The number of likely N-dealkylation sites (tertiary alicyclic amines) is 1. The van der Waals surface area contributed by atoms with Crippen molar-refractivity contribution in [3.8, 4) is 0 Å². The lowest BCUT2D eigenvalue weighted by Crippen LogP contribution is -2.32. The van der Waals surface area contributed by atoms with Gasteiger partial charge in [0, 0.05) is 13.2 Å². The number of furan rings is 1. The summed E-state index contributed by atoms with van der Waals surface area (Å²) in [5.41, 5.74) is 1.60. The van der Waals surface area contributed by atoms with Crippen LogP contribution in [-0.4, -0.2) is 33.7 Å². The number of nitrogens with zero attached hydrogens (tertiary/aromatic N) is 3. The predicted molar refractivity (Wildman–Crippen MR) is 78.8 cm³/mol. The molecule has 1 N–H and O–H groups in total. The van der Waals surface area contributed by atoms with Crippen LogP contribution in [0.25, 0.3) is 0 Å². The van der Waals surface area contributed by atoms with Crippen molar-refractivity contribution >= 4 is 11.6 Å². The Hall–Kier alpha value is -2.08. The molecule has 2 aromatic heterocycles. The SMILES string of the molecule is Cc1nn(C)cc1NC(=O)CN1CCCC1c1ccco1. The second-order valence-corrected chi connectivity index (χ2v) is 5.49. The summed E-state index contributed by atoms with van der Waals surface area (Å²) in [4.78, 5) is 14.4. The highest BCUT2D eigenvalue weighted by Gasteiger charge is 2.29. The molecule has 6 heteroatoms. The highest BCUT2D eigenvalue weighted by atomic mass is 16.3. The van der Waals surface area contributed by atoms with E-state index in [0.29, 0.717) is 6.54 Å². The Labute approximate surface area is 123 Å². The Balaban J connectivity index is 1.63. The molecule has 1 unspecified atom stereocenters. The molecule has 0 spiro atoms. The lowest BCUT2D eigenvalue weighted by atomic mass is 10.1. The molecule has 1 amide bonds. The number of nitrogens with one attached hydrogen (secondary N) is 1. The molecule has 1 aliphatic rings. The molecule has 3 heterocycles. The van der Waals surface area contributed by atoms with Crippen LogP contribution in [0.5, 0.6) is 0 Å². The summed E-state index contributed by atoms with van der Waals surface area (Å²) >= 11 is 0. The van der Waals surface area contributed by atoms with Crippen LogP contribution in [0.1, 0.15) is 30.3 Å². The van der Waals surface area contributed by atoms with Crippen molar-refractivity contribution in [3.63, 3.8) is 0 Å². The first kappa shape index (κ1) is 13.9. The fourth-order valence-electron chi connectivity index (χ4n) is 2.91. The lowest BCUT2D eigenvalue weighted by Gasteiger charge is -2.21. The zero-order valence-corrected chi connectivity index (χ0v) is 12.4. The van der Waals surface area contributed by atoms with Crippen LogP contribution < -0.4 is 5.32 Å². The largest absolute Gasteiger partial charge is 0.468 e. The molecule has 0 aliphatic carbocycles. The van der Waals surface area contributed by atoms with Crippen molar-refractivity contribution < 1.29 is 9.21 Å². The number of rotatable bonds is 4. The van der Waals surface area contributed by atoms with Gasteiger partial charge in [-0.1, -0.05) is 0 Å². The van der Waals surface area contributed by atoms with Gasteiger partial charge in [-0.25, -0.2) is 0 Å². The first-order valence-electron chi connectivity index (χ1n) is 7.21. The monoisotopic (exact) mass is 288 g/mol. The van der Waals surface area contributed by atoms with Gasteiger partial charge >= 0.3 is 0 Å². The normalized spacial score (nSPS) is 19.0. The molecular formula is C15H20N4O2. The Kier molecular flexibility index (Phi) is 3.79. The molecule has 6 nitrogen and oxygen atoms in total. The van der Waals surface area contributed by atoms with Gasteiger partial charge in [-0.2, -0.15) is 5.10 Å². The van der Waals surface area contributed by atoms with E-state index in [1.54, 1.807) is 10.9 Å². The molecule has 0 aromatic carbocycles. The van der Waals surface area contributed by atoms with Crippen molar-refractivity contribution in [1.82, 2.24) is 14.7 Å². The van der Waals surface area contributed by atoms with Gasteiger partial charge in [0.15, 0.2) is 0 Å². The fraction of sp³-hybridized carbons (Fsp3) is 0.467. The zero-order valence-electron chi connectivity index (χ0n) is 12.4. The van der Waals surface area contributed by atoms with E-state index in [9.17, 15) is 4.79 Å². The van der Waals surface area contributed by atoms with Crippen LogP contribution in [-0.2, 0) is 11.8 Å². The summed E-state index contributed by atoms with van der Waals surface area (Å²) in [5.74, 6) is 0.933. The predicted octanol–water partition coefficient (Wildman–Crippen LogP) is 2.10. The maximum Gasteiger partial charge on any atom is 0.238 e. The second kappa shape index (κ2) is 5.73. The van der Waals surface area contributed by atoms with Gasteiger partial charge in [0.25, 0.3) is 0 Å². The molecule has 1 aliphatic heterocycles. The third-order valence-electron chi connectivity index (χ3n) is 3.87. The van der Waals surface area contributed by atoms with Crippen LogP contribution in [0.4, 0.5) is 5.69 Å². The second-order valence-electron chi connectivity index (χ2n) is 5.49. The summed E-state index contributed by atoms with van der Waals surface area (Å²) in [6.07, 6.45) is 5.63. The maximum absolute atomic E-state index is 12.2. The van der Waals surface area contributed by atoms with E-state index in [0.717, 1.165) is 36.5 Å². The molecule has 0 radical (unpaired) electrons. The van der Waals surface area contributed by atoms with Gasteiger partial charge in [-0.05, 0) is 38.4 Å². The van der Waals surface area contributed by atoms with Crippen LogP contribution in [0, 0.1) is 6.92 Å². The first-order chi connectivity index (χ1) is 10.1. The summed E-state index contributed by atoms with van der Waals surface area (Å²) in [6.45, 7) is 3.18. The Morgan fingerprint density at radius 1 is 1.57 bits per heavy atom. The molecule has 1 atom stereocenters. The molecule has 2 aromatic rings. The molecule has 1 saturated heterocycles. The first-order valence-corrected chi connectivity index (χ1v) is 7.21. The Bertz CT molecular complexity index is 618. The van der Waals surface area contributed by atoms with E-state index in [1.165, 1.54) is 0 Å². The van der Waals surface area contributed by atoms with Crippen molar-refractivity contribution in [2.24, 2.45) is 7.05 Å². The van der Waals surface area contributed by atoms with E-state index in [1.807, 2.05) is 32.3 Å².